The van der Waals surface area contributed by atoms with Crippen LogP contribution in [0.1, 0.15) is 24.4 Å². The second-order valence-electron chi connectivity index (χ2n) is 5.52. The Labute approximate surface area is 139 Å². The summed E-state index contributed by atoms with van der Waals surface area (Å²) in [6, 6.07) is 7.96. The molecule has 1 unspecified atom stereocenters. The molecule has 1 aromatic heterocycles. The predicted octanol–water partition coefficient (Wildman–Crippen LogP) is 2.28. The number of hydrogen-bond donors (Lipinski definition) is 1. The summed E-state index contributed by atoms with van der Waals surface area (Å²) in [7, 11) is 2.86. The molecule has 1 atom stereocenters. The summed E-state index contributed by atoms with van der Waals surface area (Å²) in [6.45, 7) is 3.62. The molecule has 0 radical (unpaired) electrons. The molecule has 128 valence electrons. The van der Waals surface area contributed by atoms with Gasteiger partial charge in [0.05, 0.1) is 14.2 Å². The molecule has 0 aliphatic rings. The summed E-state index contributed by atoms with van der Waals surface area (Å²) < 4.78 is 14.9. The minimum atomic E-state index is -0.753. The van der Waals surface area contributed by atoms with Crippen LogP contribution in [0.4, 0.5) is 0 Å². The molecule has 0 aliphatic heterocycles. The molecule has 2 aromatic rings. The Balaban J connectivity index is 2.13. The van der Waals surface area contributed by atoms with Crippen LogP contribution in [0.25, 0.3) is 11.3 Å². The number of ether oxygens (including phenoxy) is 2. The van der Waals surface area contributed by atoms with Gasteiger partial charge in [0.2, 0.25) is 5.76 Å². The van der Waals surface area contributed by atoms with Crippen LogP contribution >= 0.6 is 0 Å². The molecule has 1 amide bonds. The Bertz CT molecular complexity index is 706. The maximum Gasteiger partial charge on any atom is 0.328 e. The van der Waals surface area contributed by atoms with Gasteiger partial charge < -0.3 is 19.3 Å². The number of benzene rings is 1. The molecule has 1 aromatic carbocycles. The van der Waals surface area contributed by atoms with Gasteiger partial charge in [-0.2, -0.15) is 0 Å². The third-order valence-electron chi connectivity index (χ3n) is 3.53. The summed E-state index contributed by atoms with van der Waals surface area (Å²) >= 11 is 0. The van der Waals surface area contributed by atoms with Crippen LogP contribution in [0.15, 0.2) is 34.9 Å². The van der Waals surface area contributed by atoms with Crippen molar-refractivity contribution in [2.75, 3.05) is 14.2 Å². The normalized spacial score (nSPS) is 11.9. The highest BCUT2D eigenvalue weighted by Crippen LogP contribution is 2.22. The van der Waals surface area contributed by atoms with Crippen molar-refractivity contribution in [3.8, 4) is 17.0 Å². The van der Waals surface area contributed by atoms with E-state index in [1.165, 1.54) is 13.2 Å². The van der Waals surface area contributed by atoms with E-state index in [0.717, 1.165) is 11.3 Å². The van der Waals surface area contributed by atoms with E-state index in [9.17, 15) is 9.59 Å². The molecule has 0 spiro atoms. The van der Waals surface area contributed by atoms with Gasteiger partial charge in [-0.1, -0.05) is 19.0 Å². The van der Waals surface area contributed by atoms with Crippen LogP contribution < -0.4 is 10.1 Å². The Morgan fingerprint density at radius 3 is 2.38 bits per heavy atom. The highest BCUT2D eigenvalue weighted by Gasteiger charge is 2.27. The number of carbonyl (C=O) groups is 2. The average molecular weight is 332 g/mol. The molecule has 7 heteroatoms. The lowest BCUT2D eigenvalue weighted by Gasteiger charge is -2.18. The summed E-state index contributed by atoms with van der Waals surface area (Å²) in [4.78, 5) is 24.0. The quantitative estimate of drug-likeness (QED) is 0.816. The Hall–Kier alpha value is -2.83. The van der Waals surface area contributed by atoms with Gasteiger partial charge in [-0.25, -0.2) is 4.79 Å². The van der Waals surface area contributed by atoms with Crippen LogP contribution in [0, 0.1) is 5.92 Å². The third kappa shape index (κ3) is 3.92. The SMILES string of the molecule is COC(=O)C(NC(=O)c1cc(-c2ccc(OC)cc2)no1)C(C)C. The highest BCUT2D eigenvalue weighted by atomic mass is 16.5. The first kappa shape index (κ1) is 17.5. The molecule has 1 heterocycles. The van der Waals surface area contributed by atoms with Gasteiger partial charge in [0.15, 0.2) is 0 Å². The van der Waals surface area contributed by atoms with Crippen molar-refractivity contribution in [1.82, 2.24) is 10.5 Å². The first-order chi connectivity index (χ1) is 11.5. The van der Waals surface area contributed by atoms with E-state index in [4.69, 9.17) is 14.0 Å². The number of nitrogens with zero attached hydrogens (tertiary/aromatic N) is 1. The molecule has 0 bridgehead atoms. The van der Waals surface area contributed by atoms with Crippen molar-refractivity contribution in [1.29, 1.82) is 0 Å². The van der Waals surface area contributed by atoms with Crippen LogP contribution in [0.3, 0.4) is 0 Å². The number of methoxy groups -OCH3 is 2. The van der Waals surface area contributed by atoms with Gasteiger partial charge in [0.1, 0.15) is 17.5 Å². The summed E-state index contributed by atoms with van der Waals surface area (Å²) in [5, 5.41) is 6.49. The van der Waals surface area contributed by atoms with Crippen molar-refractivity contribution in [2.24, 2.45) is 5.92 Å². The molecule has 7 nitrogen and oxygen atoms in total. The van der Waals surface area contributed by atoms with Gasteiger partial charge in [-0.15, -0.1) is 0 Å². The van der Waals surface area contributed by atoms with Gasteiger partial charge >= 0.3 is 5.97 Å². The molecule has 0 fully saturated rings. The first-order valence-electron chi connectivity index (χ1n) is 7.46. The molecule has 24 heavy (non-hydrogen) atoms. The molecular formula is C17H20N2O5. The summed E-state index contributed by atoms with van der Waals surface area (Å²) in [5.74, 6) is -0.404. The number of amides is 1. The highest BCUT2D eigenvalue weighted by molar-refractivity contribution is 5.95. The monoisotopic (exact) mass is 332 g/mol. The topological polar surface area (TPSA) is 90.7 Å². The number of hydrogen-bond acceptors (Lipinski definition) is 6. The van der Waals surface area contributed by atoms with Crippen LogP contribution in [0.5, 0.6) is 5.75 Å². The molecular weight excluding hydrogens is 312 g/mol. The Morgan fingerprint density at radius 1 is 1.17 bits per heavy atom. The smallest absolute Gasteiger partial charge is 0.328 e. The van der Waals surface area contributed by atoms with E-state index in [2.05, 4.69) is 10.5 Å². The van der Waals surface area contributed by atoms with Gasteiger partial charge in [0, 0.05) is 11.6 Å². The minimum absolute atomic E-state index is 0.0235. The second kappa shape index (κ2) is 7.63. The van der Waals surface area contributed by atoms with Crippen molar-refractivity contribution in [3.63, 3.8) is 0 Å². The van der Waals surface area contributed by atoms with Crippen LogP contribution in [0.2, 0.25) is 0 Å². The fourth-order valence-corrected chi connectivity index (χ4v) is 2.12. The van der Waals surface area contributed by atoms with E-state index in [1.54, 1.807) is 19.2 Å². The minimum Gasteiger partial charge on any atom is -0.497 e. The fourth-order valence-electron chi connectivity index (χ4n) is 2.12. The van der Waals surface area contributed by atoms with E-state index < -0.39 is 17.9 Å². The third-order valence-corrected chi connectivity index (χ3v) is 3.53. The summed E-state index contributed by atoms with van der Waals surface area (Å²) in [6.07, 6.45) is 0. The molecule has 1 N–H and O–H groups in total. The largest absolute Gasteiger partial charge is 0.497 e. The standard InChI is InChI=1S/C17H20N2O5/c1-10(2)15(17(21)23-4)18-16(20)14-9-13(19-24-14)11-5-7-12(22-3)8-6-11/h5-10,15H,1-4H3,(H,18,20). The van der Waals surface area contributed by atoms with Crippen molar-refractivity contribution in [3.05, 3.63) is 36.1 Å². The lowest BCUT2D eigenvalue weighted by Crippen LogP contribution is -2.44. The van der Waals surface area contributed by atoms with Gasteiger partial charge in [-0.3, -0.25) is 4.79 Å². The van der Waals surface area contributed by atoms with E-state index in [-0.39, 0.29) is 11.7 Å². The van der Waals surface area contributed by atoms with E-state index in [1.807, 2.05) is 26.0 Å². The van der Waals surface area contributed by atoms with Gasteiger partial charge in [-0.05, 0) is 30.2 Å². The summed E-state index contributed by atoms with van der Waals surface area (Å²) in [5.41, 5.74) is 1.30. The fraction of sp³-hybridized carbons (Fsp3) is 0.353. The van der Waals surface area contributed by atoms with E-state index in [0.29, 0.717) is 5.69 Å². The Morgan fingerprint density at radius 2 is 1.83 bits per heavy atom. The molecule has 2 rings (SSSR count). The van der Waals surface area contributed by atoms with Crippen LogP contribution in [-0.4, -0.2) is 37.3 Å². The maximum atomic E-state index is 12.3. The lowest BCUT2D eigenvalue weighted by atomic mass is 10.0. The number of esters is 1. The Kier molecular flexibility index (Phi) is 5.57. The van der Waals surface area contributed by atoms with E-state index >= 15 is 0 Å². The van der Waals surface area contributed by atoms with Crippen molar-refractivity contribution < 1.29 is 23.6 Å². The zero-order valence-electron chi connectivity index (χ0n) is 14.0. The van der Waals surface area contributed by atoms with Gasteiger partial charge in [0.25, 0.3) is 5.91 Å². The first-order valence-corrected chi connectivity index (χ1v) is 7.46. The average Bonchev–Trinajstić information content (AvgIpc) is 3.08. The zero-order chi connectivity index (χ0) is 17.7. The van der Waals surface area contributed by atoms with Crippen molar-refractivity contribution >= 4 is 11.9 Å². The van der Waals surface area contributed by atoms with Crippen LogP contribution in [-0.2, 0) is 9.53 Å². The number of carbonyl (C=O) groups excluding carboxylic acids is 2. The molecule has 0 saturated carbocycles. The number of aromatic nitrogens is 1. The number of nitrogens with one attached hydrogen (secondary N) is 1. The number of rotatable bonds is 6. The molecule has 0 saturated heterocycles. The van der Waals surface area contributed by atoms with Crippen molar-refractivity contribution in [2.45, 2.75) is 19.9 Å². The lowest BCUT2D eigenvalue weighted by molar-refractivity contribution is -0.144. The predicted molar refractivity (Wildman–Crippen MR) is 86.6 cm³/mol. The zero-order valence-corrected chi connectivity index (χ0v) is 14.0. The maximum absolute atomic E-state index is 12.3. The molecule has 0 aliphatic carbocycles. The second-order valence-corrected chi connectivity index (χ2v) is 5.52.